The fourth-order valence-electron chi connectivity index (χ4n) is 3.62. The third kappa shape index (κ3) is 4.50. The topological polar surface area (TPSA) is 52.6 Å². The smallest absolute Gasteiger partial charge is 0.303 e. The Morgan fingerprint density at radius 1 is 1.20 bits per heavy atom. The van der Waals surface area contributed by atoms with Crippen LogP contribution in [-0.4, -0.2) is 24.1 Å². The standard InChI is InChI=1S/C16H28O4/c1-11(2)15-7-6-12(3)10-16(15,20-14(5)18)8-9-19-13(4)17/h11-12,15H,6-10H2,1-5H3/t12-,15+,16+/m1/s1. The van der Waals surface area contributed by atoms with Crippen LogP contribution in [0.15, 0.2) is 0 Å². The van der Waals surface area contributed by atoms with Gasteiger partial charge in [0.1, 0.15) is 5.60 Å². The van der Waals surface area contributed by atoms with Crippen LogP contribution in [0, 0.1) is 17.8 Å². The molecule has 0 heterocycles. The second-order valence-electron chi connectivity index (χ2n) is 6.49. The van der Waals surface area contributed by atoms with Crippen molar-refractivity contribution in [2.24, 2.45) is 17.8 Å². The van der Waals surface area contributed by atoms with E-state index in [0.29, 0.717) is 30.8 Å². The van der Waals surface area contributed by atoms with Gasteiger partial charge in [0.25, 0.3) is 0 Å². The molecule has 20 heavy (non-hydrogen) atoms. The minimum absolute atomic E-state index is 0.243. The summed E-state index contributed by atoms with van der Waals surface area (Å²) >= 11 is 0. The molecule has 0 aromatic heterocycles. The van der Waals surface area contributed by atoms with E-state index in [1.54, 1.807) is 0 Å². The van der Waals surface area contributed by atoms with Gasteiger partial charge >= 0.3 is 11.9 Å². The molecular formula is C16H28O4. The highest BCUT2D eigenvalue weighted by molar-refractivity contribution is 5.67. The average molecular weight is 284 g/mol. The lowest BCUT2D eigenvalue weighted by Crippen LogP contribution is -2.49. The van der Waals surface area contributed by atoms with E-state index in [2.05, 4.69) is 20.8 Å². The second kappa shape index (κ2) is 7.09. The van der Waals surface area contributed by atoms with E-state index in [9.17, 15) is 9.59 Å². The predicted octanol–water partition coefficient (Wildman–Crippen LogP) is 3.33. The molecule has 0 aromatic rings. The van der Waals surface area contributed by atoms with Gasteiger partial charge in [-0.3, -0.25) is 9.59 Å². The fraction of sp³-hybridized carbons (Fsp3) is 0.875. The lowest BCUT2D eigenvalue weighted by atomic mass is 9.65. The van der Waals surface area contributed by atoms with Gasteiger partial charge in [-0.2, -0.15) is 0 Å². The Kier molecular flexibility index (Phi) is 6.03. The molecule has 0 unspecified atom stereocenters. The molecule has 0 bridgehead atoms. The van der Waals surface area contributed by atoms with Crippen molar-refractivity contribution in [2.45, 2.75) is 65.9 Å². The van der Waals surface area contributed by atoms with Crippen LogP contribution in [0.3, 0.4) is 0 Å². The monoisotopic (exact) mass is 284 g/mol. The zero-order valence-electron chi connectivity index (χ0n) is 13.4. The van der Waals surface area contributed by atoms with Crippen molar-refractivity contribution in [3.05, 3.63) is 0 Å². The number of ether oxygens (including phenoxy) is 2. The first kappa shape index (κ1) is 17.0. The van der Waals surface area contributed by atoms with Crippen LogP contribution in [0.1, 0.15) is 60.3 Å². The molecule has 0 aromatic carbocycles. The fourth-order valence-corrected chi connectivity index (χ4v) is 3.62. The Bertz CT molecular complexity index is 350. The van der Waals surface area contributed by atoms with Crippen molar-refractivity contribution in [1.82, 2.24) is 0 Å². The zero-order chi connectivity index (χ0) is 15.3. The molecule has 1 rings (SSSR count). The first-order valence-corrected chi connectivity index (χ1v) is 7.60. The molecule has 0 amide bonds. The normalized spacial score (nSPS) is 30.1. The quantitative estimate of drug-likeness (QED) is 0.727. The molecule has 3 atom stereocenters. The average Bonchev–Trinajstić information content (AvgIpc) is 2.26. The molecule has 0 radical (unpaired) electrons. The van der Waals surface area contributed by atoms with Gasteiger partial charge in [-0.25, -0.2) is 0 Å². The summed E-state index contributed by atoms with van der Waals surface area (Å²) < 4.78 is 10.9. The first-order valence-electron chi connectivity index (χ1n) is 7.60. The van der Waals surface area contributed by atoms with Crippen LogP contribution < -0.4 is 0 Å². The van der Waals surface area contributed by atoms with E-state index in [4.69, 9.17) is 9.47 Å². The molecular weight excluding hydrogens is 256 g/mol. The molecule has 0 spiro atoms. The van der Waals surface area contributed by atoms with E-state index in [-0.39, 0.29) is 11.9 Å². The summed E-state index contributed by atoms with van der Waals surface area (Å²) in [5.41, 5.74) is -0.479. The largest absolute Gasteiger partial charge is 0.466 e. The summed E-state index contributed by atoms with van der Waals surface area (Å²) in [5.74, 6) is 0.777. The summed E-state index contributed by atoms with van der Waals surface area (Å²) in [6.07, 6.45) is 3.68. The van der Waals surface area contributed by atoms with Crippen LogP contribution in [0.4, 0.5) is 0 Å². The lowest BCUT2D eigenvalue weighted by molar-refractivity contribution is -0.178. The molecule has 1 aliphatic carbocycles. The molecule has 0 saturated heterocycles. The predicted molar refractivity (Wildman–Crippen MR) is 77.1 cm³/mol. The van der Waals surface area contributed by atoms with Gasteiger partial charge in [0.05, 0.1) is 6.61 Å². The third-order valence-corrected chi connectivity index (χ3v) is 4.32. The van der Waals surface area contributed by atoms with Gasteiger partial charge < -0.3 is 9.47 Å². The van der Waals surface area contributed by atoms with Crippen LogP contribution in [0.2, 0.25) is 0 Å². The molecule has 1 saturated carbocycles. The molecule has 0 N–H and O–H groups in total. The first-order chi connectivity index (χ1) is 9.27. The maximum Gasteiger partial charge on any atom is 0.303 e. The van der Waals surface area contributed by atoms with E-state index >= 15 is 0 Å². The Morgan fingerprint density at radius 2 is 1.85 bits per heavy atom. The molecule has 0 aliphatic heterocycles. The highest BCUT2D eigenvalue weighted by Gasteiger charge is 2.46. The van der Waals surface area contributed by atoms with Gasteiger partial charge in [0, 0.05) is 26.2 Å². The number of carbonyl (C=O) groups is 2. The highest BCUT2D eigenvalue weighted by atomic mass is 16.6. The van der Waals surface area contributed by atoms with E-state index in [1.165, 1.54) is 20.3 Å². The Balaban J connectivity index is 2.90. The second-order valence-corrected chi connectivity index (χ2v) is 6.49. The molecule has 116 valence electrons. The number of rotatable bonds is 5. The summed E-state index contributed by atoms with van der Waals surface area (Å²) in [7, 11) is 0. The van der Waals surface area contributed by atoms with Crippen LogP contribution in [-0.2, 0) is 19.1 Å². The van der Waals surface area contributed by atoms with E-state index < -0.39 is 5.60 Å². The van der Waals surface area contributed by atoms with Crippen molar-refractivity contribution < 1.29 is 19.1 Å². The van der Waals surface area contributed by atoms with Crippen LogP contribution in [0.5, 0.6) is 0 Å². The van der Waals surface area contributed by atoms with Gasteiger partial charge in [-0.15, -0.1) is 0 Å². The minimum Gasteiger partial charge on any atom is -0.466 e. The lowest BCUT2D eigenvalue weighted by Gasteiger charge is -2.47. The number of hydrogen-bond acceptors (Lipinski definition) is 4. The number of hydrogen-bond donors (Lipinski definition) is 0. The third-order valence-electron chi connectivity index (χ3n) is 4.32. The SMILES string of the molecule is CC(=O)OCC[C@]1(OC(C)=O)C[C@H](C)CC[C@H]1C(C)C. The Morgan fingerprint density at radius 3 is 2.35 bits per heavy atom. The Labute approximate surface area is 122 Å². The van der Waals surface area contributed by atoms with Crippen molar-refractivity contribution in [1.29, 1.82) is 0 Å². The van der Waals surface area contributed by atoms with Gasteiger partial charge in [0.2, 0.25) is 0 Å². The summed E-state index contributed by atoms with van der Waals surface area (Å²) in [6.45, 7) is 9.72. The van der Waals surface area contributed by atoms with Crippen LogP contribution >= 0.6 is 0 Å². The van der Waals surface area contributed by atoms with Gasteiger partial charge in [-0.1, -0.05) is 27.2 Å². The molecule has 4 nitrogen and oxygen atoms in total. The van der Waals surface area contributed by atoms with Crippen molar-refractivity contribution in [3.63, 3.8) is 0 Å². The summed E-state index contributed by atoms with van der Waals surface area (Å²) in [6, 6.07) is 0. The number of carbonyl (C=O) groups excluding carboxylic acids is 2. The summed E-state index contributed by atoms with van der Waals surface area (Å²) in [5, 5.41) is 0. The Hall–Kier alpha value is -1.06. The molecule has 1 fully saturated rings. The van der Waals surface area contributed by atoms with Crippen molar-refractivity contribution in [2.75, 3.05) is 6.61 Å². The van der Waals surface area contributed by atoms with Crippen molar-refractivity contribution in [3.8, 4) is 0 Å². The van der Waals surface area contributed by atoms with E-state index in [1.807, 2.05) is 0 Å². The number of esters is 2. The highest BCUT2D eigenvalue weighted by Crippen LogP contribution is 2.45. The minimum atomic E-state index is -0.479. The van der Waals surface area contributed by atoms with Crippen LogP contribution in [0.25, 0.3) is 0 Å². The van der Waals surface area contributed by atoms with Crippen molar-refractivity contribution >= 4 is 11.9 Å². The van der Waals surface area contributed by atoms with Gasteiger partial charge in [0.15, 0.2) is 0 Å². The molecule has 1 aliphatic rings. The van der Waals surface area contributed by atoms with Gasteiger partial charge in [-0.05, 0) is 24.7 Å². The zero-order valence-corrected chi connectivity index (χ0v) is 13.4. The molecule has 4 heteroatoms. The summed E-state index contributed by atoms with van der Waals surface area (Å²) in [4.78, 5) is 22.5. The van der Waals surface area contributed by atoms with E-state index in [0.717, 1.165) is 12.8 Å². The maximum atomic E-state index is 11.6. The maximum absolute atomic E-state index is 11.6.